The molecule has 0 bridgehead atoms. The van der Waals surface area contributed by atoms with Crippen LogP contribution < -0.4 is 5.32 Å². The maximum atomic E-state index is 11.7. The number of ether oxygens (including phenoxy) is 1. The quantitative estimate of drug-likeness (QED) is 0.780. The molecule has 124 valence electrons. The molecule has 3 rings (SSSR count). The number of aliphatic hydroxyl groups excluding tert-OH is 1. The maximum absolute atomic E-state index is 11.7. The van der Waals surface area contributed by atoms with E-state index in [-0.39, 0.29) is 12.5 Å². The molecule has 24 heavy (non-hydrogen) atoms. The Morgan fingerprint density at radius 2 is 1.58 bits per heavy atom. The highest BCUT2D eigenvalue weighted by Crippen LogP contribution is 2.44. The molecule has 1 amide bonds. The number of aliphatic carboxylic acids is 1. The normalized spacial score (nSPS) is 13.7. The van der Waals surface area contributed by atoms with Crippen molar-refractivity contribution in [1.29, 1.82) is 0 Å². The van der Waals surface area contributed by atoms with E-state index >= 15 is 0 Å². The van der Waals surface area contributed by atoms with Gasteiger partial charge in [-0.2, -0.15) is 0 Å². The van der Waals surface area contributed by atoms with Gasteiger partial charge < -0.3 is 20.3 Å². The van der Waals surface area contributed by atoms with Crippen LogP contribution in [0.5, 0.6) is 0 Å². The second-order valence-electron chi connectivity index (χ2n) is 5.56. The van der Waals surface area contributed by atoms with Crippen LogP contribution in [0.25, 0.3) is 11.1 Å². The molecule has 6 nitrogen and oxygen atoms in total. The van der Waals surface area contributed by atoms with E-state index in [1.165, 1.54) is 0 Å². The molecular formula is C18H17NO5. The van der Waals surface area contributed by atoms with E-state index in [4.69, 9.17) is 14.9 Å². The Morgan fingerprint density at radius 1 is 1.04 bits per heavy atom. The standard InChI is InChI=1S/C18H17NO5/c20-16(17(21)22)9-19-18(23)24-10-15-13-7-3-1-5-11(13)12-6-2-4-8-14(12)15/h1-8,15-16,20H,9-10H2,(H,19,23)(H,21,22)/t16-/m0/s1. The first-order valence-electron chi connectivity index (χ1n) is 7.57. The first kappa shape index (κ1) is 16.0. The minimum Gasteiger partial charge on any atom is -0.479 e. The number of amides is 1. The van der Waals surface area contributed by atoms with Crippen molar-refractivity contribution in [2.24, 2.45) is 0 Å². The zero-order valence-corrected chi connectivity index (χ0v) is 12.8. The molecule has 3 N–H and O–H groups in total. The Balaban J connectivity index is 1.67. The maximum Gasteiger partial charge on any atom is 0.407 e. The van der Waals surface area contributed by atoms with Crippen LogP contribution in [0.15, 0.2) is 48.5 Å². The van der Waals surface area contributed by atoms with Crippen molar-refractivity contribution in [3.63, 3.8) is 0 Å². The summed E-state index contributed by atoms with van der Waals surface area (Å²) in [6.45, 7) is -0.255. The minimum absolute atomic E-state index is 0.0625. The summed E-state index contributed by atoms with van der Waals surface area (Å²) in [5, 5.41) is 20.0. The molecule has 0 radical (unpaired) electrons. The first-order valence-corrected chi connectivity index (χ1v) is 7.57. The Labute approximate surface area is 138 Å². The number of alkyl carbamates (subject to hydrolysis) is 1. The molecule has 0 saturated heterocycles. The summed E-state index contributed by atoms with van der Waals surface area (Å²) in [4.78, 5) is 22.2. The van der Waals surface area contributed by atoms with Gasteiger partial charge in [-0.15, -0.1) is 0 Å². The van der Waals surface area contributed by atoms with Crippen molar-refractivity contribution < 1.29 is 24.5 Å². The van der Waals surface area contributed by atoms with E-state index in [0.717, 1.165) is 22.3 Å². The largest absolute Gasteiger partial charge is 0.479 e. The van der Waals surface area contributed by atoms with Crippen LogP contribution in [0.2, 0.25) is 0 Å². The van der Waals surface area contributed by atoms with Crippen molar-refractivity contribution in [1.82, 2.24) is 5.32 Å². The summed E-state index contributed by atoms with van der Waals surface area (Å²) in [5.41, 5.74) is 4.45. The summed E-state index contributed by atoms with van der Waals surface area (Å²) in [5.74, 6) is -1.46. The van der Waals surface area contributed by atoms with Gasteiger partial charge in [0.2, 0.25) is 0 Å². The highest BCUT2D eigenvalue weighted by Gasteiger charge is 2.29. The number of aliphatic hydroxyl groups is 1. The molecule has 2 aromatic carbocycles. The van der Waals surface area contributed by atoms with Crippen molar-refractivity contribution >= 4 is 12.1 Å². The average Bonchev–Trinajstić information content (AvgIpc) is 2.92. The number of fused-ring (bicyclic) bond motifs is 3. The summed E-state index contributed by atoms with van der Waals surface area (Å²) in [6.07, 6.45) is -2.40. The average molecular weight is 327 g/mol. The number of rotatable bonds is 5. The molecule has 0 heterocycles. The fraction of sp³-hybridized carbons (Fsp3) is 0.222. The summed E-state index contributed by atoms with van der Waals surface area (Å²) in [6, 6.07) is 15.9. The zero-order valence-electron chi connectivity index (χ0n) is 12.8. The topological polar surface area (TPSA) is 95.9 Å². The highest BCUT2D eigenvalue weighted by atomic mass is 16.5. The van der Waals surface area contributed by atoms with E-state index in [0.29, 0.717) is 0 Å². The van der Waals surface area contributed by atoms with Gasteiger partial charge in [0, 0.05) is 5.92 Å². The van der Waals surface area contributed by atoms with E-state index in [2.05, 4.69) is 5.32 Å². The molecule has 1 aliphatic rings. The van der Waals surface area contributed by atoms with Crippen molar-refractivity contribution in [3.05, 3.63) is 59.7 Å². The number of hydrogen-bond acceptors (Lipinski definition) is 4. The van der Waals surface area contributed by atoms with Crippen molar-refractivity contribution in [3.8, 4) is 11.1 Å². The van der Waals surface area contributed by atoms with Gasteiger partial charge in [-0.3, -0.25) is 0 Å². The first-order chi connectivity index (χ1) is 11.6. The number of carbonyl (C=O) groups excluding carboxylic acids is 1. The molecule has 2 aromatic rings. The number of carboxylic acids is 1. The SMILES string of the molecule is O=C(NC[C@H](O)C(=O)O)OCC1c2ccccc2-c2ccccc21. The van der Waals surface area contributed by atoms with Gasteiger partial charge >= 0.3 is 12.1 Å². The molecule has 0 saturated carbocycles. The van der Waals surface area contributed by atoms with Gasteiger partial charge in [-0.25, -0.2) is 9.59 Å². The number of hydrogen-bond donors (Lipinski definition) is 3. The van der Waals surface area contributed by atoms with Crippen molar-refractivity contribution in [2.75, 3.05) is 13.2 Å². The lowest BCUT2D eigenvalue weighted by molar-refractivity contribution is -0.146. The molecule has 0 unspecified atom stereocenters. The molecule has 0 aromatic heterocycles. The van der Waals surface area contributed by atoms with Crippen LogP contribution in [-0.4, -0.2) is 41.5 Å². The third kappa shape index (κ3) is 3.09. The van der Waals surface area contributed by atoms with Gasteiger partial charge in [0.1, 0.15) is 6.61 Å². The smallest absolute Gasteiger partial charge is 0.407 e. The molecule has 0 aliphatic heterocycles. The van der Waals surface area contributed by atoms with Crippen LogP contribution in [0, 0.1) is 0 Å². The molecular weight excluding hydrogens is 310 g/mol. The molecule has 1 aliphatic carbocycles. The van der Waals surface area contributed by atoms with E-state index in [9.17, 15) is 9.59 Å². The Morgan fingerprint density at radius 3 is 2.12 bits per heavy atom. The summed E-state index contributed by atoms with van der Waals surface area (Å²) < 4.78 is 5.22. The lowest BCUT2D eigenvalue weighted by atomic mass is 9.98. The van der Waals surface area contributed by atoms with Gasteiger partial charge in [0.25, 0.3) is 0 Å². The Bertz CT molecular complexity index is 728. The monoisotopic (exact) mass is 327 g/mol. The molecule has 6 heteroatoms. The van der Waals surface area contributed by atoms with Crippen molar-refractivity contribution in [2.45, 2.75) is 12.0 Å². The lowest BCUT2D eigenvalue weighted by Gasteiger charge is -2.15. The third-order valence-corrected chi connectivity index (χ3v) is 4.07. The van der Waals surface area contributed by atoms with Gasteiger partial charge in [0.15, 0.2) is 6.10 Å². The highest BCUT2D eigenvalue weighted by molar-refractivity contribution is 5.79. The molecule has 0 fully saturated rings. The number of nitrogens with one attached hydrogen (secondary N) is 1. The fourth-order valence-electron chi connectivity index (χ4n) is 2.92. The minimum atomic E-state index is -1.65. The summed E-state index contributed by atoms with van der Waals surface area (Å²) >= 11 is 0. The molecule has 0 spiro atoms. The van der Waals surface area contributed by atoms with Crippen LogP contribution in [0.4, 0.5) is 4.79 Å². The van der Waals surface area contributed by atoms with Crippen LogP contribution in [-0.2, 0) is 9.53 Å². The summed E-state index contributed by atoms with van der Waals surface area (Å²) in [7, 11) is 0. The predicted molar refractivity (Wildman–Crippen MR) is 86.7 cm³/mol. The van der Waals surface area contributed by atoms with Gasteiger partial charge in [-0.05, 0) is 22.3 Å². The van der Waals surface area contributed by atoms with Gasteiger partial charge in [0.05, 0.1) is 6.54 Å². The van der Waals surface area contributed by atoms with E-state index < -0.39 is 24.7 Å². The van der Waals surface area contributed by atoms with E-state index in [1.54, 1.807) is 0 Å². The number of carbonyl (C=O) groups is 2. The van der Waals surface area contributed by atoms with Crippen LogP contribution in [0.1, 0.15) is 17.0 Å². The Hall–Kier alpha value is -2.86. The van der Waals surface area contributed by atoms with Crippen LogP contribution >= 0.6 is 0 Å². The second kappa shape index (κ2) is 6.72. The third-order valence-electron chi connectivity index (χ3n) is 4.07. The zero-order chi connectivity index (χ0) is 17.1. The van der Waals surface area contributed by atoms with Gasteiger partial charge in [-0.1, -0.05) is 48.5 Å². The van der Waals surface area contributed by atoms with E-state index in [1.807, 2.05) is 48.5 Å². The predicted octanol–water partition coefficient (Wildman–Crippen LogP) is 1.97. The fourth-order valence-corrected chi connectivity index (χ4v) is 2.92. The molecule has 1 atom stereocenters. The Kier molecular flexibility index (Phi) is 4.48. The lowest BCUT2D eigenvalue weighted by Crippen LogP contribution is -2.37. The number of benzene rings is 2. The van der Waals surface area contributed by atoms with Crippen LogP contribution in [0.3, 0.4) is 0 Å². The number of carboxylic acid groups (broad SMARTS) is 1. The second-order valence-corrected chi connectivity index (χ2v) is 5.56.